The molecule has 0 aliphatic rings. The van der Waals surface area contributed by atoms with E-state index in [1.807, 2.05) is 19.0 Å². The van der Waals surface area contributed by atoms with Crippen molar-refractivity contribution in [1.82, 2.24) is 10.2 Å². The van der Waals surface area contributed by atoms with Crippen molar-refractivity contribution in [1.29, 1.82) is 0 Å². The zero-order chi connectivity index (χ0) is 18.3. The van der Waals surface area contributed by atoms with Gasteiger partial charge in [0.25, 0.3) is 0 Å². The third-order valence-corrected chi connectivity index (χ3v) is 4.47. The lowest BCUT2D eigenvalue weighted by atomic mass is 10.1. The third-order valence-electron chi connectivity index (χ3n) is 3.33. The highest BCUT2D eigenvalue weighted by Gasteiger charge is 2.21. The number of benzene rings is 1. The normalized spacial score (nSPS) is 11.4. The zero-order valence-electron chi connectivity index (χ0n) is 14.6. The van der Waals surface area contributed by atoms with Crippen LogP contribution >= 0.6 is 0 Å². The first-order valence-corrected chi connectivity index (χ1v) is 9.46. The van der Waals surface area contributed by atoms with Gasteiger partial charge in [0.05, 0.1) is 11.9 Å². The second-order valence-corrected chi connectivity index (χ2v) is 7.79. The summed E-state index contributed by atoms with van der Waals surface area (Å²) in [6.07, 6.45) is 1.81. The molecule has 0 atom stereocenters. The Hall–Kier alpha value is -1.93. The van der Waals surface area contributed by atoms with E-state index in [-0.39, 0.29) is 18.2 Å². The summed E-state index contributed by atoms with van der Waals surface area (Å²) in [4.78, 5) is 25.5. The third kappa shape index (κ3) is 6.67. The summed E-state index contributed by atoms with van der Waals surface area (Å²) < 4.78 is 25.0. The number of nitrogens with zero attached hydrogens (tertiary/aromatic N) is 2. The standard InChI is InChI=1S/C16H25N3O4S/c1-13(20)14-7-5-8-15(11-14)19(24(4,22)23)12-16(21)17-9-6-10-18(2)3/h5,7-8,11H,6,9-10,12H2,1-4H3,(H,17,21). The molecule has 1 rings (SSSR count). The summed E-state index contributed by atoms with van der Waals surface area (Å²) in [5.74, 6) is -0.550. The van der Waals surface area contributed by atoms with Crippen molar-refractivity contribution >= 4 is 27.4 Å². The van der Waals surface area contributed by atoms with E-state index in [0.29, 0.717) is 17.8 Å². The lowest BCUT2D eigenvalue weighted by Crippen LogP contribution is -2.41. The predicted molar refractivity (Wildman–Crippen MR) is 94.8 cm³/mol. The molecule has 0 unspecified atom stereocenters. The Morgan fingerprint density at radius 2 is 1.88 bits per heavy atom. The highest BCUT2D eigenvalue weighted by molar-refractivity contribution is 7.92. The Kier molecular flexibility index (Phi) is 7.37. The van der Waals surface area contributed by atoms with Crippen LogP contribution in [0.5, 0.6) is 0 Å². The van der Waals surface area contributed by atoms with E-state index < -0.39 is 10.0 Å². The number of hydrogen-bond donors (Lipinski definition) is 1. The number of ketones is 1. The summed E-state index contributed by atoms with van der Waals surface area (Å²) in [5.41, 5.74) is 0.696. The average molecular weight is 355 g/mol. The smallest absolute Gasteiger partial charge is 0.240 e. The highest BCUT2D eigenvalue weighted by atomic mass is 32.2. The summed E-state index contributed by atoms with van der Waals surface area (Å²) >= 11 is 0. The van der Waals surface area contributed by atoms with Crippen LogP contribution in [0.1, 0.15) is 23.7 Å². The molecule has 0 saturated carbocycles. The van der Waals surface area contributed by atoms with Gasteiger partial charge in [0.1, 0.15) is 6.54 Å². The molecule has 7 nitrogen and oxygen atoms in total. The molecule has 1 N–H and O–H groups in total. The van der Waals surface area contributed by atoms with Gasteiger partial charge in [-0.25, -0.2) is 8.42 Å². The molecule has 0 heterocycles. The Bertz CT molecular complexity index is 686. The summed E-state index contributed by atoms with van der Waals surface area (Å²) in [6.45, 7) is 2.39. The van der Waals surface area contributed by atoms with E-state index in [0.717, 1.165) is 23.5 Å². The van der Waals surface area contributed by atoms with Gasteiger partial charge in [0, 0.05) is 12.1 Å². The first-order valence-electron chi connectivity index (χ1n) is 7.61. The number of nitrogens with one attached hydrogen (secondary N) is 1. The van der Waals surface area contributed by atoms with Crippen LogP contribution in [0.15, 0.2) is 24.3 Å². The molecule has 0 aromatic heterocycles. The van der Waals surface area contributed by atoms with Crippen molar-refractivity contribution in [3.05, 3.63) is 29.8 Å². The van der Waals surface area contributed by atoms with Crippen molar-refractivity contribution in [3.63, 3.8) is 0 Å². The van der Waals surface area contributed by atoms with Crippen LogP contribution < -0.4 is 9.62 Å². The second-order valence-electron chi connectivity index (χ2n) is 5.88. The molecular formula is C16H25N3O4S. The number of sulfonamides is 1. The van der Waals surface area contributed by atoms with Crippen LogP contribution in [-0.2, 0) is 14.8 Å². The lowest BCUT2D eigenvalue weighted by molar-refractivity contribution is -0.119. The van der Waals surface area contributed by atoms with Gasteiger partial charge in [-0.2, -0.15) is 0 Å². The molecule has 1 aromatic carbocycles. The van der Waals surface area contributed by atoms with Gasteiger partial charge in [-0.1, -0.05) is 12.1 Å². The van der Waals surface area contributed by atoms with Crippen molar-refractivity contribution in [2.45, 2.75) is 13.3 Å². The number of hydrogen-bond acceptors (Lipinski definition) is 5. The predicted octanol–water partition coefficient (Wildman–Crippen LogP) is 0.723. The largest absolute Gasteiger partial charge is 0.354 e. The minimum atomic E-state index is -3.65. The zero-order valence-corrected chi connectivity index (χ0v) is 15.4. The summed E-state index contributed by atoms with van der Waals surface area (Å²) in [6, 6.07) is 6.24. The van der Waals surface area contributed by atoms with E-state index in [2.05, 4.69) is 5.32 Å². The van der Waals surface area contributed by atoms with Crippen LogP contribution in [0.25, 0.3) is 0 Å². The van der Waals surface area contributed by atoms with Gasteiger partial charge in [-0.3, -0.25) is 13.9 Å². The first kappa shape index (κ1) is 20.1. The maximum Gasteiger partial charge on any atom is 0.240 e. The maximum absolute atomic E-state index is 12.0. The molecule has 0 saturated heterocycles. The minimum absolute atomic E-state index is 0.168. The lowest BCUT2D eigenvalue weighted by Gasteiger charge is -2.22. The van der Waals surface area contributed by atoms with Gasteiger partial charge >= 0.3 is 0 Å². The molecule has 8 heteroatoms. The Balaban J connectivity index is 2.82. The van der Waals surface area contributed by atoms with E-state index in [1.165, 1.54) is 13.0 Å². The summed E-state index contributed by atoms with van der Waals surface area (Å²) in [7, 11) is 0.233. The Morgan fingerprint density at radius 1 is 1.21 bits per heavy atom. The number of carbonyl (C=O) groups is 2. The minimum Gasteiger partial charge on any atom is -0.354 e. The van der Waals surface area contributed by atoms with Gasteiger partial charge in [0.2, 0.25) is 15.9 Å². The number of rotatable bonds is 9. The fourth-order valence-electron chi connectivity index (χ4n) is 2.09. The van der Waals surface area contributed by atoms with Crippen LogP contribution in [-0.4, -0.2) is 65.0 Å². The van der Waals surface area contributed by atoms with Crippen molar-refractivity contribution in [3.8, 4) is 0 Å². The number of carbonyl (C=O) groups excluding carboxylic acids is 2. The quantitative estimate of drug-likeness (QED) is 0.521. The number of Topliss-reactive ketones (excluding diaryl/α,β-unsaturated/α-hetero) is 1. The Morgan fingerprint density at radius 3 is 2.42 bits per heavy atom. The van der Waals surface area contributed by atoms with E-state index >= 15 is 0 Å². The SMILES string of the molecule is CC(=O)c1cccc(N(CC(=O)NCCCN(C)C)S(C)(=O)=O)c1. The molecule has 0 aliphatic carbocycles. The van der Waals surface area contributed by atoms with Crippen molar-refractivity contribution in [2.24, 2.45) is 0 Å². The van der Waals surface area contributed by atoms with E-state index in [9.17, 15) is 18.0 Å². The van der Waals surface area contributed by atoms with Crippen LogP contribution in [0.4, 0.5) is 5.69 Å². The van der Waals surface area contributed by atoms with Crippen molar-refractivity contribution in [2.75, 3.05) is 44.3 Å². The van der Waals surface area contributed by atoms with Crippen LogP contribution in [0.2, 0.25) is 0 Å². The molecule has 0 spiro atoms. The molecule has 1 aromatic rings. The van der Waals surface area contributed by atoms with E-state index in [1.54, 1.807) is 18.2 Å². The molecule has 0 aliphatic heterocycles. The molecule has 0 fully saturated rings. The highest BCUT2D eigenvalue weighted by Crippen LogP contribution is 2.19. The van der Waals surface area contributed by atoms with Crippen LogP contribution in [0, 0.1) is 0 Å². The van der Waals surface area contributed by atoms with Gasteiger partial charge in [-0.05, 0) is 46.1 Å². The Labute approximate surface area is 143 Å². The van der Waals surface area contributed by atoms with Gasteiger partial charge in [-0.15, -0.1) is 0 Å². The van der Waals surface area contributed by atoms with Crippen molar-refractivity contribution < 1.29 is 18.0 Å². The second kappa shape index (κ2) is 8.79. The topological polar surface area (TPSA) is 86.8 Å². The van der Waals surface area contributed by atoms with Gasteiger partial charge < -0.3 is 10.2 Å². The molecular weight excluding hydrogens is 330 g/mol. The molecule has 0 bridgehead atoms. The molecule has 1 amide bonds. The average Bonchev–Trinajstić information content (AvgIpc) is 2.48. The monoisotopic (exact) mass is 355 g/mol. The summed E-state index contributed by atoms with van der Waals surface area (Å²) in [5, 5.41) is 2.71. The van der Waals surface area contributed by atoms with E-state index in [4.69, 9.17) is 0 Å². The van der Waals surface area contributed by atoms with Gasteiger partial charge in [0.15, 0.2) is 5.78 Å². The number of anilines is 1. The van der Waals surface area contributed by atoms with Crippen LogP contribution in [0.3, 0.4) is 0 Å². The first-order chi connectivity index (χ1) is 11.1. The number of amides is 1. The fourth-order valence-corrected chi connectivity index (χ4v) is 2.94. The molecule has 134 valence electrons. The molecule has 24 heavy (non-hydrogen) atoms. The fraction of sp³-hybridized carbons (Fsp3) is 0.500. The maximum atomic E-state index is 12.0. The molecule has 0 radical (unpaired) electrons.